The van der Waals surface area contributed by atoms with Crippen LogP contribution in [-0.4, -0.2) is 44.3 Å². The second kappa shape index (κ2) is 16.7. The van der Waals surface area contributed by atoms with Gasteiger partial charge in [0.25, 0.3) is 10.0 Å². The van der Waals surface area contributed by atoms with Crippen molar-refractivity contribution in [3.05, 3.63) is 154 Å². The maximum Gasteiger partial charge on any atom is 0.264 e. The average Bonchev–Trinajstić information content (AvgIpc) is 3.11. The number of rotatable bonds is 14. The van der Waals surface area contributed by atoms with E-state index in [0.717, 1.165) is 15.4 Å². The summed E-state index contributed by atoms with van der Waals surface area (Å²) >= 11 is 12.5. The van der Waals surface area contributed by atoms with Crippen LogP contribution in [0.15, 0.2) is 132 Å². The lowest BCUT2D eigenvalue weighted by molar-refractivity contribution is -0.140. The highest BCUT2D eigenvalue weighted by atomic mass is 35.5. The van der Waals surface area contributed by atoms with Gasteiger partial charge in [0, 0.05) is 19.5 Å². The van der Waals surface area contributed by atoms with E-state index in [-0.39, 0.29) is 34.5 Å². The minimum atomic E-state index is -4.27. The Morgan fingerprint density at radius 3 is 2.00 bits per heavy atom. The van der Waals surface area contributed by atoms with Crippen LogP contribution in [0.4, 0.5) is 5.69 Å². The molecule has 0 radical (unpaired) electrons. The van der Waals surface area contributed by atoms with Gasteiger partial charge in [0.15, 0.2) is 0 Å². The van der Waals surface area contributed by atoms with Crippen LogP contribution >= 0.6 is 23.2 Å². The van der Waals surface area contributed by atoms with Gasteiger partial charge in [-0.15, -0.1) is 0 Å². The van der Waals surface area contributed by atoms with Crippen LogP contribution in [0.1, 0.15) is 23.6 Å². The van der Waals surface area contributed by atoms with Gasteiger partial charge in [-0.2, -0.15) is 0 Å². The number of hydrogen-bond donors (Lipinski definition) is 1. The number of anilines is 1. The number of carbonyl (C=O) groups is 2. The molecule has 5 rings (SSSR count). The predicted octanol–water partition coefficient (Wildman–Crippen LogP) is 8.07. The van der Waals surface area contributed by atoms with Gasteiger partial charge in [0.1, 0.15) is 24.1 Å². The molecule has 1 N–H and O–H groups in total. The number of benzene rings is 5. The van der Waals surface area contributed by atoms with Crippen molar-refractivity contribution in [2.45, 2.75) is 37.8 Å². The molecule has 0 aliphatic heterocycles. The molecular formula is C39H37Cl2N3O5S. The van der Waals surface area contributed by atoms with E-state index in [4.69, 9.17) is 27.9 Å². The van der Waals surface area contributed by atoms with Crippen molar-refractivity contribution in [3.8, 4) is 11.5 Å². The van der Waals surface area contributed by atoms with E-state index in [1.807, 2.05) is 67.6 Å². The van der Waals surface area contributed by atoms with Crippen molar-refractivity contribution < 1.29 is 22.7 Å². The molecule has 0 bridgehead atoms. The zero-order valence-electron chi connectivity index (χ0n) is 27.6. The topological polar surface area (TPSA) is 96.0 Å². The Balaban J connectivity index is 1.56. The molecule has 0 saturated carbocycles. The third kappa shape index (κ3) is 9.24. The molecule has 0 aromatic heterocycles. The Hall–Kier alpha value is -4.83. The summed E-state index contributed by atoms with van der Waals surface area (Å²) in [6.45, 7) is 3.36. The lowest BCUT2D eigenvalue weighted by atomic mass is 10.0. The summed E-state index contributed by atoms with van der Waals surface area (Å²) in [7, 11) is -4.27. The fraction of sp³-hybridized carbons (Fsp3) is 0.179. The van der Waals surface area contributed by atoms with E-state index in [1.165, 1.54) is 17.0 Å². The molecule has 258 valence electrons. The van der Waals surface area contributed by atoms with Crippen molar-refractivity contribution in [1.82, 2.24) is 10.2 Å². The van der Waals surface area contributed by atoms with E-state index < -0.39 is 28.5 Å². The normalized spacial score (nSPS) is 11.8. The zero-order chi connectivity index (χ0) is 35.7. The van der Waals surface area contributed by atoms with Gasteiger partial charge < -0.3 is 15.0 Å². The number of carbonyl (C=O) groups excluding carboxylic acids is 2. The number of halogens is 2. The summed E-state index contributed by atoms with van der Waals surface area (Å²) in [6, 6.07) is 35.4. The highest BCUT2D eigenvalue weighted by Gasteiger charge is 2.34. The smallest absolute Gasteiger partial charge is 0.264 e. The molecule has 1 atom stereocenters. The number of amides is 2. The molecule has 0 aliphatic carbocycles. The average molecular weight is 731 g/mol. The number of nitrogens with zero attached hydrogens (tertiary/aromatic N) is 2. The van der Waals surface area contributed by atoms with Crippen LogP contribution in [0.5, 0.6) is 11.5 Å². The molecule has 50 heavy (non-hydrogen) atoms. The van der Waals surface area contributed by atoms with Crippen LogP contribution in [-0.2, 0) is 32.6 Å². The number of likely N-dealkylation sites (N-methyl/N-ethyl adjacent to an activating group) is 1. The molecule has 2 amide bonds. The minimum Gasteiger partial charge on any atom is -0.457 e. The maximum absolute atomic E-state index is 14.6. The second-order valence-electron chi connectivity index (χ2n) is 11.6. The summed E-state index contributed by atoms with van der Waals surface area (Å²) in [5.41, 5.74) is 2.57. The Kier molecular flexibility index (Phi) is 12.2. The Bertz CT molecular complexity index is 2010. The second-order valence-corrected chi connectivity index (χ2v) is 14.3. The first-order valence-electron chi connectivity index (χ1n) is 16.0. The first-order valence-corrected chi connectivity index (χ1v) is 18.2. The van der Waals surface area contributed by atoms with Gasteiger partial charge >= 0.3 is 0 Å². The Morgan fingerprint density at radius 2 is 1.38 bits per heavy atom. The summed E-state index contributed by atoms with van der Waals surface area (Å²) in [4.78, 5) is 29.7. The van der Waals surface area contributed by atoms with E-state index >= 15 is 0 Å². The molecule has 8 nitrogen and oxygen atoms in total. The first-order chi connectivity index (χ1) is 24.0. The molecule has 1 unspecified atom stereocenters. The summed E-state index contributed by atoms with van der Waals surface area (Å²) in [5.74, 6) is 0.135. The number of nitrogens with one attached hydrogen (secondary N) is 1. The molecule has 0 saturated heterocycles. The van der Waals surface area contributed by atoms with E-state index in [1.54, 1.807) is 61.5 Å². The van der Waals surface area contributed by atoms with Gasteiger partial charge in [-0.25, -0.2) is 8.42 Å². The summed E-state index contributed by atoms with van der Waals surface area (Å²) < 4.78 is 35.6. The summed E-state index contributed by atoms with van der Waals surface area (Å²) in [6.07, 6.45) is 0.190. The summed E-state index contributed by atoms with van der Waals surface area (Å²) in [5, 5.41) is 3.48. The van der Waals surface area contributed by atoms with Crippen LogP contribution in [0.2, 0.25) is 10.0 Å². The zero-order valence-corrected chi connectivity index (χ0v) is 30.0. The third-order valence-electron chi connectivity index (χ3n) is 7.95. The van der Waals surface area contributed by atoms with Gasteiger partial charge in [-0.05, 0) is 85.6 Å². The molecule has 11 heteroatoms. The van der Waals surface area contributed by atoms with Crippen molar-refractivity contribution >= 4 is 50.7 Å². The largest absolute Gasteiger partial charge is 0.457 e. The highest BCUT2D eigenvalue weighted by Crippen LogP contribution is 2.30. The minimum absolute atomic E-state index is 0.0149. The van der Waals surface area contributed by atoms with Gasteiger partial charge in [0.2, 0.25) is 11.8 Å². The quantitative estimate of drug-likeness (QED) is 0.125. The van der Waals surface area contributed by atoms with Crippen LogP contribution in [0, 0.1) is 6.92 Å². The molecular weight excluding hydrogens is 693 g/mol. The molecule has 5 aromatic carbocycles. The lowest BCUT2D eigenvalue weighted by Crippen LogP contribution is -2.53. The third-order valence-corrected chi connectivity index (χ3v) is 10.5. The Morgan fingerprint density at radius 1 is 0.760 bits per heavy atom. The molecule has 0 fully saturated rings. The number of aryl methyl sites for hydroxylation is 1. The van der Waals surface area contributed by atoms with E-state index in [2.05, 4.69) is 5.32 Å². The number of para-hydroxylation sites is 1. The fourth-order valence-corrected chi connectivity index (χ4v) is 7.09. The fourth-order valence-electron chi connectivity index (χ4n) is 5.35. The molecule has 5 aromatic rings. The van der Waals surface area contributed by atoms with Crippen LogP contribution in [0.25, 0.3) is 0 Å². The number of sulfonamides is 1. The van der Waals surface area contributed by atoms with Crippen molar-refractivity contribution in [3.63, 3.8) is 0 Å². The van der Waals surface area contributed by atoms with Crippen molar-refractivity contribution in [1.29, 1.82) is 0 Å². The van der Waals surface area contributed by atoms with E-state index in [0.29, 0.717) is 28.6 Å². The number of ether oxygens (including phenoxy) is 1. The lowest BCUT2D eigenvalue weighted by Gasteiger charge is -2.34. The van der Waals surface area contributed by atoms with Crippen LogP contribution in [0.3, 0.4) is 0 Å². The van der Waals surface area contributed by atoms with Gasteiger partial charge in [0.05, 0.1) is 20.6 Å². The van der Waals surface area contributed by atoms with E-state index in [9.17, 15) is 18.0 Å². The SMILES string of the molecule is CCNC(=O)C(Cc1ccccc1)N(Cc1ccc(Cl)c(Cl)c1)C(=O)CN(c1ccc(Oc2ccccc2)cc1)S(=O)(=O)c1ccc(C)cc1. The number of hydrogen-bond acceptors (Lipinski definition) is 5. The molecule has 0 aliphatic rings. The Labute approximate surface area is 303 Å². The predicted molar refractivity (Wildman–Crippen MR) is 198 cm³/mol. The van der Waals surface area contributed by atoms with Gasteiger partial charge in [-0.3, -0.25) is 13.9 Å². The maximum atomic E-state index is 14.6. The molecule has 0 heterocycles. The van der Waals surface area contributed by atoms with Crippen molar-refractivity contribution in [2.24, 2.45) is 0 Å². The first kappa shape index (κ1) is 36.5. The molecule has 0 spiro atoms. The standard InChI is InChI=1S/C39H37Cl2N3O5S/c1-3-42-39(46)37(25-29-10-6-4-7-11-29)43(26-30-16-23-35(40)36(41)24-30)38(45)27-44(50(47,48)34-21-14-28(2)15-22-34)31-17-19-33(20-18-31)49-32-12-8-5-9-13-32/h4-24,37H,3,25-27H2,1-2H3,(H,42,46). The highest BCUT2D eigenvalue weighted by molar-refractivity contribution is 7.92. The van der Waals surface area contributed by atoms with Crippen molar-refractivity contribution in [2.75, 3.05) is 17.4 Å². The van der Waals surface area contributed by atoms with Crippen LogP contribution < -0.4 is 14.4 Å². The van der Waals surface area contributed by atoms with Gasteiger partial charge in [-0.1, -0.05) is 95.5 Å². The monoisotopic (exact) mass is 729 g/mol.